The zero-order chi connectivity index (χ0) is 16.5. The Labute approximate surface area is 136 Å². The average molecular weight is 308 g/mol. The minimum Gasteiger partial charge on any atom is -0.350 e. The maximum atomic E-state index is 12.3. The number of carbonyl (C=O) groups excluding carboxylic acids is 2. The first-order valence-electron chi connectivity index (χ1n) is 7.51. The van der Waals surface area contributed by atoms with Gasteiger partial charge in [-0.3, -0.25) is 9.59 Å². The summed E-state index contributed by atoms with van der Waals surface area (Å²) in [5.41, 5.74) is 2.26. The lowest BCUT2D eigenvalue weighted by atomic mass is 10.1. The summed E-state index contributed by atoms with van der Waals surface area (Å²) in [6, 6.07) is 19.3. The van der Waals surface area contributed by atoms with Gasteiger partial charge in [0, 0.05) is 13.5 Å². The molecule has 0 heterocycles. The third kappa shape index (κ3) is 5.79. The van der Waals surface area contributed by atoms with Crippen molar-refractivity contribution in [2.24, 2.45) is 0 Å². The minimum atomic E-state index is -0.292. The highest BCUT2D eigenvalue weighted by Gasteiger charge is 2.10. The molecule has 0 spiro atoms. The zero-order valence-electron chi connectivity index (χ0n) is 13.1. The summed E-state index contributed by atoms with van der Waals surface area (Å²) in [5.74, 6) is -0.564. The predicted molar refractivity (Wildman–Crippen MR) is 91.4 cm³/mol. The van der Waals surface area contributed by atoms with Crippen LogP contribution in [0.1, 0.15) is 18.1 Å². The van der Waals surface area contributed by atoms with E-state index >= 15 is 0 Å². The number of benzene rings is 2. The number of rotatable bonds is 6. The monoisotopic (exact) mass is 308 g/mol. The SMILES string of the molecule is CC(=O)NC(=Cc1ccccc1)C(=O)NCCc1ccccc1. The molecule has 4 nitrogen and oxygen atoms in total. The number of nitrogens with one attached hydrogen (secondary N) is 2. The second-order valence-electron chi connectivity index (χ2n) is 5.14. The van der Waals surface area contributed by atoms with E-state index in [1.807, 2.05) is 60.7 Å². The van der Waals surface area contributed by atoms with Crippen LogP contribution >= 0.6 is 0 Å². The summed E-state index contributed by atoms with van der Waals surface area (Å²) in [6.45, 7) is 1.89. The Morgan fingerprint density at radius 1 is 0.957 bits per heavy atom. The van der Waals surface area contributed by atoms with Gasteiger partial charge in [-0.05, 0) is 23.6 Å². The first-order valence-corrected chi connectivity index (χ1v) is 7.51. The Kier molecular flexibility index (Phi) is 6.12. The normalized spacial score (nSPS) is 10.9. The van der Waals surface area contributed by atoms with E-state index in [1.165, 1.54) is 6.92 Å². The molecule has 0 fully saturated rings. The smallest absolute Gasteiger partial charge is 0.267 e. The molecule has 0 aliphatic carbocycles. The summed E-state index contributed by atoms with van der Waals surface area (Å²) >= 11 is 0. The molecule has 2 aromatic rings. The lowest BCUT2D eigenvalue weighted by Gasteiger charge is -2.10. The van der Waals surface area contributed by atoms with Crippen molar-refractivity contribution in [2.75, 3.05) is 6.54 Å². The lowest BCUT2D eigenvalue weighted by Crippen LogP contribution is -2.34. The van der Waals surface area contributed by atoms with Gasteiger partial charge in [-0.1, -0.05) is 60.7 Å². The molecule has 0 aromatic heterocycles. The van der Waals surface area contributed by atoms with Crippen molar-refractivity contribution < 1.29 is 9.59 Å². The van der Waals surface area contributed by atoms with Crippen LogP contribution in [0.15, 0.2) is 66.4 Å². The van der Waals surface area contributed by atoms with E-state index in [0.717, 1.165) is 17.5 Å². The van der Waals surface area contributed by atoms with Gasteiger partial charge in [0.2, 0.25) is 5.91 Å². The Bertz CT molecular complexity index is 679. The van der Waals surface area contributed by atoms with Crippen molar-refractivity contribution in [2.45, 2.75) is 13.3 Å². The summed E-state index contributed by atoms with van der Waals surface area (Å²) in [6.07, 6.45) is 2.41. The van der Waals surface area contributed by atoms with Gasteiger partial charge in [-0.15, -0.1) is 0 Å². The Morgan fingerprint density at radius 2 is 1.57 bits per heavy atom. The second kappa shape index (κ2) is 8.54. The molecule has 0 saturated carbocycles. The van der Waals surface area contributed by atoms with E-state index in [9.17, 15) is 9.59 Å². The first-order chi connectivity index (χ1) is 11.1. The fraction of sp³-hybridized carbons (Fsp3) is 0.158. The van der Waals surface area contributed by atoms with Crippen LogP contribution in [-0.2, 0) is 16.0 Å². The fourth-order valence-corrected chi connectivity index (χ4v) is 2.12. The van der Waals surface area contributed by atoms with E-state index in [0.29, 0.717) is 6.54 Å². The van der Waals surface area contributed by atoms with Crippen LogP contribution in [0.5, 0.6) is 0 Å². The summed E-state index contributed by atoms with van der Waals surface area (Å²) in [4.78, 5) is 23.6. The topological polar surface area (TPSA) is 58.2 Å². The quantitative estimate of drug-likeness (QED) is 0.806. The van der Waals surface area contributed by atoms with Crippen LogP contribution in [0.2, 0.25) is 0 Å². The molecule has 0 radical (unpaired) electrons. The van der Waals surface area contributed by atoms with Crippen molar-refractivity contribution >= 4 is 17.9 Å². The molecule has 23 heavy (non-hydrogen) atoms. The molecule has 0 aliphatic heterocycles. The molecule has 0 atom stereocenters. The van der Waals surface area contributed by atoms with E-state index in [1.54, 1.807) is 6.08 Å². The minimum absolute atomic E-state index is 0.247. The lowest BCUT2D eigenvalue weighted by molar-refractivity contribution is -0.122. The molecular weight excluding hydrogens is 288 g/mol. The number of carbonyl (C=O) groups is 2. The van der Waals surface area contributed by atoms with Gasteiger partial charge in [0.15, 0.2) is 0 Å². The fourth-order valence-electron chi connectivity index (χ4n) is 2.12. The summed E-state index contributed by atoms with van der Waals surface area (Å²) < 4.78 is 0. The average Bonchev–Trinajstić information content (AvgIpc) is 2.56. The second-order valence-corrected chi connectivity index (χ2v) is 5.14. The largest absolute Gasteiger partial charge is 0.350 e. The van der Waals surface area contributed by atoms with E-state index in [-0.39, 0.29) is 17.5 Å². The molecular formula is C19H20N2O2. The van der Waals surface area contributed by atoms with Crippen LogP contribution in [0.25, 0.3) is 6.08 Å². The van der Waals surface area contributed by atoms with Crippen molar-refractivity contribution in [1.29, 1.82) is 0 Å². The Balaban J connectivity index is 1.99. The molecule has 0 aliphatic rings. The van der Waals surface area contributed by atoms with Crippen LogP contribution in [0, 0.1) is 0 Å². The zero-order valence-corrected chi connectivity index (χ0v) is 13.1. The van der Waals surface area contributed by atoms with Gasteiger partial charge in [0.05, 0.1) is 0 Å². The molecule has 2 N–H and O–H groups in total. The van der Waals surface area contributed by atoms with E-state index in [4.69, 9.17) is 0 Å². The van der Waals surface area contributed by atoms with Crippen LogP contribution in [0.3, 0.4) is 0 Å². The van der Waals surface area contributed by atoms with Gasteiger partial charge in [-0.2, -0.15) is 0 Å². The molecule has 2 aromatic carbocycles. The van der Waals surface area contributed by atoms with Gasteiger partial charge < -0.3 is 10.6 Å². The van der Waals surface area contributed by atoms with Crippen molar-refractivity contribution in [3.8, 4) is 0 Å². The van der Waals surface area contributed by atoms with Gasteiger partial charge in [0.1, 0.15) is 5.70 Å². The molecule has 0 saturated heterocycles. The van der Waals surface area contributed by atoms with Crippen LogP contribution < -0.4 is 10.6 Å². The molecule has 118 valence electrons. The van der Waals surface area contributed by atoms with Gasteiger partial charge in [0.25, 0.3) is 5.91 Å². The van der Waals surface area contributed by atoms with E-state index in [2.05, 4.69) is 10.6 Å². The van der Waals surface area contributed by atoms with Gasteiger partial charge >= 0.3 is 0 Å². The number of amides is 2. The van der Waals surface area contributed by atoms with Crippen molar-refractivity contribution in [1.82, 2.24) is 10.6 Å². The molecule has 4 heteroatoms. The van der Waals surface area contributed by atoms with Gasteiger partial charge in [-0.25, -0.2) is 0 Å². The predicted octanol–water partition coefficient (Wildman–Crippen LogP) is 2.52. The molecule has 2 amide bonds. The molecule has 2 rings (SSSR count). The van der Waals surface area contributed by atoms with Crippen LogP contribution in [0.4, 0.5) is 0 Å². The first kappa shape index (κ1) is 16.5. The Hall–Kier alpha value is -2.88. The van der Waals surface area contributed by atoms with E-state index < -0.39 is 0 Å². The highest BCUT2D eigenvalue weighted by atomic mass is 16.2. The highest BCUT2D eigenvalue weighted by molar-refractivity contribution is 6.00. The summed E-state index contributed by atoms with van der Waals surface area (Å²) in [7, 11) is 0. The molecule has 0 unspecified atom stereocenters. The van der Waals surface area contributed by atoms with Crippen molar-refractivity contribution in [3.63, 3.8) is 0 Å². The molecule has 0 bridgehead atoms. The number of hydrogen-bond acceptors (Lipinski definition) is 2. The third-order valence-electron chi connectivity index (χ3n) is 3.21. The maximum absolute atomic E-state index is 12.3. The van der Waals surface area contributed by atoms with Crippen LogP contribution in [-0.4, -0.2) is 18.4 Å². The third-order valence-corrected chi connectivity index (χ3v) is 3.21. The van der Waals surface area contributed by atoms with Crippen molar-refractivity contribution in [3.05, 3.63) is 77.5 Å². The Morgan fingerprint density at radius 3 is 2.17 bits per heavy atom. The summed E-state index contributed by atoms with van der Waals surface area (Å²) in [5, 5.41) is 5.42. The standard InChI is InChI=1S/C19H20N2O2/c1-15(22)21-18(14-17-10-6-3-7-11-17)19(23)20-13-12-16-8-4-2-5-9-16/h2-11,14H,12-13H2,1H3,(H,20,23)(H,21,22). The maximum Gasteiger partial charge on any atom is 0.267 e. The highest BCUT2D eigenvalue weighted by Crippen LogP contribution is 2.05. The number of hydrogen-bond donors (Lipinski definition) is 2.